The van der Waals surface area contributed by atoms with Gasteiger partial charge in [0.15, 0.2) is 0 Å². The highest BCUT2D eigenvalue weighted by atomic mass is 32.2. The van der Waals surface area contributed by atoms with E-state index < -0.39 is 15.9 Å². The van der Waals surface area contributed by atoms with Gasteiger partial charge >= 0.3 is 0 Å². The van der Waals surface area contributed by atoms with Crippen molar-refractivity contribution < 1.29 is 22.7 Å². The summed E-state index contributed by atoms with van der Waals surface area (Å²) in [5, 5.41) is 5.40. The summed E-state index contributed by atoms with van der Waals surface area (Å²) < 4.78 is 32.2. The normalized spacial score (nSPS) is 11.2. The van der Waals surface area contributed by atoms with Crippen molar-refractivity contribution in [1.82, 2.24) is 4.31 Å². The van der Waals surface area contributed by atoms with Crippen molar-refractivity contribution in [3.8, 4) is 5.75 Å². The van der Waals surface area contributed by atoms with Crippen LogP contribution in [0.5, 0.6) is 5.75 Å². The Morgan fingerprint density at radius 3 is 2.30 bits per heavy atom. The van der Waals surface area contributed by atoms with Crippen LogP contribution in [-0.2, 0) is 14.8 Å². The van der Waals surface area contributed by atoms with Gasteiger partial charge in [-0.15, -0.1) is 0 Å². The standard InChI is InChI=1S/C21H27N3O5S/c1-5-20(25)22-16-10-8-9-15(13-16)21(26)23-18-14-17(11-12-19(18)29-4)30(27,28)24(6-2)7-3/h8-14H,5-7H2,1-4H3,(H,22,25)(H,23,26). The molecule has 0 fully saturated rings. The molecule has 9 heteroatoms. The van der Waals surface area contributed by atoms with E-state index in [0.717, 1.165) is 0 Å². The Bertz CT molecular complexity index is 1020. The van der Waals surface area contributed by atoms with Crippen molar-refractivity contribution in [3.05, 3.63) is 48.0 Å². The van der Waals surface area contributed by atoms with Gasteiger partial charge in [-0.3, -0.25) is 9.59 Å². The van der Waals surface area contributed by atoms with Crippen molar-refractivity contribution >= 4 is 33.2 Å². The summed E-state index contributed by atoms with van der Waals surface area (Å²) in [4.78, 5) is 24.4. The van der Waals surface area contributed by atoms with Gasteiger partial charge in [-0.1, -0.05) is 26.8 Å². The third kappa shape index (κ3) is 5.37. The lowest BCUT2D eigenvalue weighted by Crippen LogP contribution is -2.30. The number of nitrogens with one attached hydrogen (secondary N) is 2. The van der Waals surface area contributed by atoms with Crippen LogP contribution in [0.15, 0.2) is 47.4 Å². The van der Waals surface area contributed by atoms with E-state index in [4.69, 9.17) is 4.74 Å². The number of hydrogen-bond acceptors (Lipinski definition) is 5. The van der Waals surface area contributed by atoms with Crippen molar-refractivity contribution in [3.63, 3.8) is 0 Å². The molecule has 0 unspecified atom stereocenters. The van der Waals surface area contributed by atoms with Crippen molar-refractivity contribution in [2.45, 2.75) is 32.1 Å². The monoisotopic (exact) mass is 433 g/mol. The maximum Gasteiger partial charge on any atom is 0.255 e. The van der Waals surface area contributed by atoms with Crippen LogP contribution in [0.1, 0.15) is 37.6 Å². The Morgan fingerprint density at radius 2 is 1.70 bits per heavy atom. The molecule has 0 radical (unpaired) electrons. The SMILES string of the molecule is CCC(=O)Nc1cccc(C(=O)Nc2cc(S(=O)(=O)N(CC)CC)ccc2OC)c1. The van der Waals surface area contributed by atoms with E-state index in [2.05, 4.69) is 10.6 Å². The fourth-order valence-corrected chi connectivity index (χ4v) is 4.32. The van der Waals surface area contributed by atoms with Crippen LogP contribution in [0.3, 0.4) is 0 Å². The number of nitrogens with zero attached hydrogens (tertiary/aromatic N) is 1. The van der Waals surface area contributed by atoms with Crippen molar-refractivity contribution in [1.29, 1.82) is 0 Å². The molecule has 0 aromatic heterocycles. The van der Waals surface area contributed by atoms with Crippen LogP contribution in [0.25, 0.3) is 0 Å². The summed E-state index contributed by atoms with van der Waals surface area (Å²) in [5.74, 6) is -0.292. The van der Waals surface area contributed by atoms with Gasteiger partial charge in [0.2, 0.25) is 15.9 Å². The van der Waals surface area contributed by atoms with Crippen LogP contribution < -0.4 is 15.4 Å². The molecule has 162 valence electrons. The van der Waals surface area contributed by atoms with E-state index >= 15 is 0 Å². The predicted octanol–water partition coefficient (Wildman–Crippen LogP) is 3.33. The van der Waals surface area contributed by atoms with Gasteiger partial charge in [0.05, 0.1) is 17.7 Å². The molecule has 0 atom stereocenters. The molecule has 2 aromatic rings. The Hall–Kier alpha value is -2.91. The first-order valence-corrected chi connectivity index (χ1v) is 11.1. The zero-order chi connectivity index (χ0) is 22.3. The van der Waals surface area contributed by atoms with E-state index in [1.165, 1.54) is 29.6 Å². The molecule has 2 aromatic carbocycles. The first-order chi connectivity index (χ1) is 14.3. The van der Waals surface area contributed by atoms with Crippen LogP contribution in [0.2, 0.25) is 0 Å². The molecule has 8 nitrogen and oxygen atoms in total. The Labute approximate surface area is 177 Å². The van der Waals surface area contributed by atoms with Gasteiger partial charge in [-0.05, 0) is 36.4 Å². The van der Waals surface area contributed by atoms with E-state index in [-0.39, 0.29) is 16.5 Å². The summed E-state index contributed by atoms with van der Waals surface area (Å²) in [5.41, 5.74) is 1.04. The smallest absolute Gasteiger partial charge is 0.255 e. The minimum atomic E-state index is -3.69. The van der Waals surface area contributed by atoms with Crippen LogP contribution >= 0.6 is 0 Å². The number of hydrogen-bond donors (Lipinski definition) is 2. The van der Waals surface area contributed by atoms with Gasteiger partial charge in [-0.25, -0.2) is 8.42 Å². The first kappa shape index (κ1) is 23.4. The molecule has 0 aliphatic rings. The van der Waals surface area contributed by atoms with Gasteiger partial charge < -0.3 is 15.4 Å². The topological polar surface area (TPSA) is 105 Å². The van der Waals surface area contributed by atoms with E-state index in [0.29, 0.717) is 36.5 Å². The quantitative estimate of drug-likeness (QED) is 0.631. The highest BCUT2D eigenvalue weighted by molar-refractivity contribution is 7.89. The van der Waals surface area contributed by atoms with Gasteiger partial charge in [0.25, 0.3) is 5.91 Å². The summed E-state index contributed by atoms with van der Waals surface area (Å²) >= 11 is 0. The highest BCUT2D eigenvalue weighted by Crippen LogP contribution is 2.29. The number of sulfonamides is 1. The van der Waals surface area contributed by atoms with E-state index in [1.807, 2.05) is 0 Å². The number of rotatable bonds is 9. The molecule has 0 saturated carbocycles. The average Bonchev–Trinajstić information content (AvgIpc) is 2.74. The first-order valence-electron chi connectivity index (χ1n) is 9.66. The fraction of sp³-hybridized carbons (Fsp3) is 0.333. The third-order valence-corrected chi connectivity index (χ3v) is 6.54. The summed E-state index contributed by atoms with van der Waals surface area (Å²) in [7, 11) is -2.26. The lowest BCUT2D eigenvalue weighted by atomic mass is 10.1. The molecule has 0 spiro atoms. The number of ether oxygens (including phenoxy) is 1. The largest absolute Gasteiger partial charge is 0.495 e. The predicted molar refractivity (Wildman–Crippen MR) is 116 cm³/mol. The maximum absolute atomic E-state index is 12.8. The molecule has 2 N–H and O–H groups in total. The minimum absolute atomic E-state index is 0.0614. The molecule has 0 heterocycles. The number of carbonyl (C=O) groups is 2. The van der Waals surface area contributed by atoms with Crippen LogP contribution in [0, 0.1) is 0 Å². The summed E-state index contributed by atoms with van der Waals surface area (Å²) in [6.07, 6.45) is 0.321. The summed E-state index contributed by atoms with van der Waals surface area (Å²) in [6.45, 7) is 5.93. The molecule has 0 aliphatic heterocycles. The zero-order valence-electron chi connectivity index (χ0n) is 17.6. The Balaban J connectivity index is 2.34. The molecule has 0 saturated heterocycles. The average molecular weight is 434 g/mol. The lowest BCUT2D eigenvalue weighted by Gasteiger charge is -2.19. The fourth-order valence-electron chi connectivity index (χ4n) is 2.84. The lowest BCUT2D eigenvalue weighted by molar-refractivity contribution is -0.115. The maximum atomic E-state index is 12.8. The molecule has 0 bridgehead atoms. The molecule has 0 aliphatic carbocycles. The minimum Gasteiger partial charge on any atom is -0.495 e. The number of carbonyl (C=O) groups excluding carboxylic acids is 2. The van der Waals surface area contributed by atoms with Crippen molar-refractivity contribution in [2.75, 3.05) is 30.8 Å². The number of amides is 2. The second-order valence-electron chi connectivity index (χ2n) is 6.39. The Kier molecular flexibility index (Phi) is 7.96. The van der Waals surface area contributed by atoms with E-state index in [1.54, 1.807) is 45.0 Å². The number of anilines is 2. The van der Waals surface area contributed by atoms with Gasteiger partial charge in [0, 0.05) is 30.8 Å². The molecular formula is C21H27N3O5S. The van der Waals surface area contributed by atoms with Crippen LogP contribution in [0.4, 0.5) is 11.4 Å². The number of methoxy groups -OCH3 is 1. The van der Waals surface area contributed by atoms with Gasteiger partial charge in [0.1, 0.15) is 5.75 Å². The third-order valence-electron chi connectivity index (χ3n) is 4.49. The van der Waals surface area contributed by atoms with Crippen molar-refractivity contribution in [2.24, 2.45) is 0 Å². The zero-order valence-corrected chi connectivity index (χ0v) is 18.4. The second kappa shape index (κ2) is 10.2. The Morgan fingerprint density at radius 1 is 1.00 bits per heavy atom. The number of benzene rings is 2. The molecule has 30 heavy (non-hydrogen) atoms. The summed E-state index contributed by atoms with van der Waals surface area (Å²) in [6, 6.07) is 10.8. The molecule has 2 rings (SSSR count). The second-order valence-corrected chi connectivity index (χ2v) is 8.33. The molecule has 2 amide bonds. The highest BCUT2D eigenvalue weighted by Gasteiger charge is 2.23. The van der Waals surface area contributed by atoms with Gasteiger partial charge in [-0.2, -0.15) is 4.31 Å². The molecular weight excluding hydrogens is 406 g/mol. The van der Waals surface area contributed by atoms with Crippen LogP contribution in [-0.4, -0.2) is 44.7 Å². The van der Waals surface area contributed by atoms with E-state index in [9.17, 15) is 18.0 Å².